The molecule has 8 heteroatoms. The molecule has 35 heavy (non-hydrogen) atoms. The average molecular weight is 499 g/mol. The predicted molar refractivity (Wildman–Crippen MR) is 142 cm³/mol. The number of fused-ring (bicyclic) bond motifs is 1. The van der Waals surface area contributed by atoms with Gasteiger partial charge in [-0.1, -0.05) is 45.0 Å². The number of rotatable bonds is 8. The Labute approximate surface area is 210 Å². The molecular weight excluding hydrogens is 460 g/mol. The van der Waals surface area contributed by atoms with Gasteiger partial charge in [0.05, 0.1) is 22.2 Å². The van der Waals surface area contributed by atoms with E-state index in [0.29, 0.717) is 18.8 Å². The van der Waals surface area contributed by atoms with E-state index in [1.54, 1.807) is 12.1 Å². The van der Waals surface area contributed by atoms with Crippen LogP contribution < -0.4 is 10.2 Å². The highest BCUT2D eigenvalue weighted by Gasteiger charge is 2.29. The summed E-state index contributed by atoms with van der Waals surface area (Å²) in [6.45, 7) is 11.2. The number of likely N-dealkylation sites (N-methyl/N-ethyl adjacent to an activating group) is 1. The summed E-state index contributed by atoms with van der Waals surface area (Å²) in [5, 5.41) is 3.15. The first-order valence-electron chi connectivity index (χ1n) is 12.9. The molecule has 2 aliphatic rings. The summed E-state index contributed by atoms with van der Waals surface area (Å²) in [4.78, 5) is 18.4. The molecule has 1 aliphatic heterocycles. The highest BCUT2D eigenvalue weighted by molar-refractivity contribution is 7.89. The fourth-order valence-electron chi connectivity index (χ4n) is 5.32. The van der Waals surface area contributed by atoms with E-state index >= 15 is 0 Å². The van der Waals surface area contributed by atoms with Crippen molar-refractivity contribution >= 4 is 27.3 Å². The molecule has 2 aromatic carbocycles. The highest BCUT2D eigenvalue weighted by Crippen LogP contribution is 2.35. The minimum Gasteiger partial charge on any atom is -0.367 e. The number of anilines is 2. The zero-order chi connectivity index (χ0) is 25.0. The van der Waals surface area contributed by atoms with Gasteiger partial charge in [0.1, 0.15) is 0 Å². The topological polar surface area (TPSA) is 73.0 Å². The maximum atomic E-state index is 13.6. The Morgan fingerprint density at radius 1 is 1.03 bits per heavy atom. The number of nitrogens with zero attached hydrogens (tertiary/aromatic N) is 3. The van der Waals surface area contributed by atoms with Crippen LogP contribution in [0.3, 0.4) is 0 Å². The lowest BCUT2D eigenvalue weighted by molar-refractivity contribution is -0.117. The first-order chi connectivity index (χ1) is 16.9. The zero-order valence-corrected chi connectivity index (χ0v) is 22.0. The van der Waals surface area contributed by atoms with Crippen molar-refractivity contribution in [2.75, 3.05) is 56.0 Å². The third kappa shape index (κ3) is 5.39. The molecule has 190 valence electrons. The first kappa shape index (κ1) is 25.7. The minimum absolute atomic E-state index is 0.0667. The van der Waals surface area contributed by atoms with E-state index in [-0.39, 0.29) is 16.7 Å². The van der Waals surface area contributed by atoms with Gasteiger partial charge in [-0.15, -0.1) is 0 Å². The maximum Gasteiger partial charge on any atom is 0.243 e. The van der Waals surface area contributed by atoms with Crippen LogP contribution in [0.4, 0.5) is 11.4 Å². The lowest BCUT2D eigenvalue weighted by atomic mass is 9.82. The van der Waals surface area contributed by atoms with Crippen LogP contribution in [0.15, 0.2) is 47.4 Å². The summed E-state index contributed by atoms with van der Waals surface area (Å²) in [6, 6.07) is 13.4. The Hall–Kier alpha value is -2.42. The van der Waals surface area contributed by atoms with Gasteiger partial charge >= 0.3 is 0 Å². The van der Waals surface area contributed by atoms with Crippen LogP contribution in [0.1, 0.15) is 50.7 Å². The second-order valence-electron chi connectivity index (χ2n) is 9.32. The molecule has 2 aromatic rings. The minimum atomic E-state index is -3.64. The lowest BCUT2D eigenvalue weighted by Crippen LogP contribution is -2.46. The molecule has 0 radical (unpaired) electrons. The average Bonchev–Trinajstić information content (AvgIpc) is 2.89. The van der Waals surface area contributed by atoms with E-state index in [1.165, 1.54) is 9.87 Å². The standard InChI is InChI=1S/C27H38N4O3S/c1-4-29-16-18-30(19-17-29)26-15-14-22(35(33,34)31(5-2)6-3)20-25(26)28-27(32)24-13-9-11-21-10-7-8-12-23(21)24/h7-8,10,12,14-15,20,24H,4-6,9,11,13,16-19H2,1-3H3,(H,28,32)/t24-/m0/s1. The van der Waals surface area contributed by atoms with Gasteiger partial charge in [0.2, 0.25) is 15.9 Å². The first-order valence-corrected chi connectivity index (χ1v) is 14.3. The van der Waals surface area contributed by atoms with Gasteiger partial charge in [0.25, 0.3) is 0 Å². The van der Waals surface area contributed by atoms with E-state index in [9.17, 15) is 13.2 Å². The van der Waals surface area contributed by atoms with Crippen LogP contribution in [0.5, 0.6) is 0 Å². The number of benzene rings is 2. The van der Waals surface area contributed by atoms with Crippen LogP contribution in [-0.2, 0) is 21.2 Å². The molecule has 7 nitrogen and oxygen atoms in total. The van der Waals surface area contributed by atoms with Crippen molar-refractivity contribution in [2.24, 2.45) is 0 Å². The SMILES string of the molecule is CCN1CCN(c2ccc(S(=O)(=O)N(CC)CC)cc2NC(=O)[C@H]2CCCc3ccccc32)CC1. The Morgan fingerprint density at radius 2 is 1.74 bits per heavy atom. The Kier molecular flexibility index (Phi) is 8.14. The molecule has 0 spiro atoms. The number of sulfonamides is 1. The molecular formula is C27H38N4O3S. The number of hydrogen-bond donors (Lipinski definition) is 1. The number of nitrogens with one attached hydrogen (secondary N) is 1. The molecule has 1 amide bonds. The van der Waals surface area contributed by atoms with E-state index in [4.69, 9.17) is 0 Å². The highest BCUT2D eigenvalue weighted by atomic mass is 32.2. The number of carbonyl (C=O) groups is 1. The molecule has 1 heterocycles. The third-order valence-corrected chi connectivity index (χ3v) is 9.46. The third-order valence-electron chi connectivity index (χ3n) is 7.42. The van der Waals surface area contributed by atoms with Gasteiger partial charge < -0.3 is 15.1 Å². The second-order valence-corrected chi connectivity index (χ2v) is 11.3. The maximum absolute atomic E-state index is 13.6. The fourth-order valence-corrected chi connectivity index (χ4v) is 6.80. The van der Waals surface area contributed by atoms with Gasteiger partial charge in [-0.2, -0.15) is 4.31 Å². The molecule has 1 saturated heterocycles. The van der Waals surface area contributed by atoms with Gasteiger partial charge in [0.15, 0.2) is 0 Å². The number of carbonyl (C=O) groups excluding carboxylic acids is 1. The summed E-state index contributed by atoms with van der Waals surface area (Å²) >= 11 is 0. The van der Waals surface area contributed by atoms with Gasteiger partial charge in [-0.05, 0) is 55.1 Å². The van der Waals surface area contributed by atoms with Crippen molar-refractivity contribution in [3.63, 3.8) is 0 Å². The monoisotopic (exact) mass is 498 g/mol. The second kappa shape index (κ2) is 11.1. The lowest BCUT2D eigenvalue weighted by Gasteiger charge is -2.36. The van der Waals surface area contributed by atoms with E-state index in [1.807, 2.05) is 38.1 Å². The van der Waals surface area contributed by atoms with E-state index in [0.717, 1.165) is 63.2 Å². The molecule has 1 N–H and O–H groups in total. The number of piperazine rings is 1. The van der Waals surface area contributed by atoms with Crippen LogP contribution in [-0.4, -0.2) is 69.3 Å². The fraction of sp³-hybridized carbons (Fsp3) is 0.519. The van der Waals surface area contributed by atoms with Crippen molar-refractivity contribution in [3.8, 4) is 0 Å². The molecule has 1 atom stereocenters. The van der Waals surface area contributed by atoms with E-state index < -0.39 is 10.0 Å². The largest absolute Gasteiger partial charge is 0.367 e. The predicted octanol–water partition coefficient (Wildman–Crippen LogP) is 3.92. The zero-order valence-electron chi connectivity index (χ0n) is 21.2. The summed E-state index contributed by atoms with van der Waals surface area (Å²) in [6.07, 6.45) is 2.76. The van der Waals surface area contributed by atoms with Crippen molar-refractivity contribution in [1.82, 2.24) is 9.21 Å². The van der Waals surface area contributed by atoms with Crippen molar-refractivity contribution < 1.29 is 13.2 Å². The van der Waals surface area contributed by atoms with Gasteiger partial charge in [-0.25, -0.2) is 8.42 Å². The Bertz CT molecular complexity index is 1140. The smallest absolute Gasteiger partial charge is 0.243 e. The number of hydrogen-bond acceptors (Lipinski definition) is 5. The van der Waals surface area contributed by atoms with Crippen LogP contribution in [0, 0.1) is 0 Å². The van der Waals surface area contributed by atoms with Crippen molar-refractivity contribution in [2.45, 2.75) is 50.8 Å². The summed E-state index contributed by atoms with van der Waals surface area (Å²) < 4.78 is 28.0. The quantitative estimate of drug-likeness (QED) is 0.597. The Balaban J connectivity index is 1.68. The molecule has 0 aromatic heterocycles. The van der Waals surface area contributed by atoms with Gasteiger partial charge in [0, 0.05) is 39.3 Å². The molecule has 0 saturated carbocycles. The molecule has 0 unspecified atom stereocenters. The summed E-state index contributed by atoms with van der Waals surface area (Å²) in [7, 11) is -3.64. The molecule has 1 aliphatic carbocycles. The number of amides is 1. The molecule has 1 fully saturated rings. The summed E-state index contributed by atoms with van der Waals surface area (Å²) in [5.41, 5.74) is 3.78. The normalized spacial score (nSPS) is 19.0. The van der Waals surface area contributed by atoms with Crippen molar-refractivity contribution in [1.29, 1.82) is 0 Å². The molecule has 4 rings (SSSR count). The van der Waals surface area contributed by atoms with Crippen LogP contribution >= 0.6 is 0 Å². The Morgan fingerprint density at radius 3 is 2.43 bits per heavy atom. The van der Waals surface area contributed by atoms with Crippen LogP contribution in [0.2, 0.25) is 0 Å². The van der Waals surface area contributed by atoms with Crippen LogP contribution in [0.25, 0.3) is 0 Å². The summed E-state index contributed by atoms with van der Waals surface area (Å²) in [5.74, 6) is -0.296. The van der Waals surface area contributed by atoms with Gasteiger partial charge in [-0.3, -0.25) is 4.79 Å². The van der Waals surface area contributed by atoms with Crippen molar-refractivity contribution in [3.05, 3.63) is 53.6 Å². The molecule has 0 bridgehead atoms. The van der Waals surface area contributed by atoms with E-state index in [2.05, 4.69) is 28.1 Å². The number of aryl methyl sites for hydroxylation is 1.